The molecule has 21 heavy (non-hydrogen) atoms. The Morgan fingerprint density at radius 3 is 2.48 bits per heavy atom. The molecule has 0 aliphatic rings. The molecule has 0 spiro atoms. The van der Waals surface area contributed by atoms with Crippen LogP contribution < -0.4 is 4.74 Å². The average molecular weight is 300 g/mol. The van der Waals surface area contributed by atoms with Gasteiger partial charge in [0.15, 0.2) is 0 Å². The van der Waals surface area contributed by atoms with E-state index < -0.39 is 0 Å². The Bertz CT molecular complexity index is 643. The smallest absolute Gasteiger partial charge is 0.119 e. The van der Waals surface area contributed by atoms with Crippen molar-refractivity contribution in [3.05, 3.63) is 64.2 Å². The number of nitriles is 1. The lowest BCUT2D eigenvalue weighted by Crippen LogP contribution is -1.97. The third-order valence-corrected chi connectivity index (χ3v) is 3.99. The summed E-state index contributed by atoms with van der Waals surface area (Å²) in [5, 5.41) is 9.37. The van der Waals surface area contributed by atoms with Gasteiger partial charge in [-0.3, -0.25) is 0 Å². The lowest BCUT2D eigenvalue weighted by molar-refractivity contribution is 0.306. The SMILES string of the molecule is CCC(C)c1ccc(OCc2ccc(C#N)cc2Cl)cc1. The highest BCUT2D eigenvalue weighted by molar-refractivity contribution is 6.31. The number of rotatable bonds is 5. The number of hydrogen-bond donors (Lipinski definition) is 0. The van der Waals surface area contributed by atoms with Crippen molar-refractivity contribution in [2.24, 2.45) is 0 Å². The Labute approximate surface area is 130 Å². The van der Waals surface area contributed by atoms with E-state index >= 15 is 0 Å². The van der Waals surface area contributed by atoms with E-state index in [0.717, 1.165) is 17.7 Å². The summed E-state index contributed by atoms with van der Waals surface area (Å²) in [4.78, 5) is 0. The lowest BCUT2D eigenvalue weighted by atomic mass is 9.99. The first-order valence-electron chi connectivity index (χ1n) is 7.05. The van der Waals surface area contributed by atoms with Gasteiger partial charge in [0.25, 0.3) is 0 Å². The Morgan fingerprint density at radius 1 is 1.19 bits per heavy atom. The summed E-state index contributed by atoms with van der Waals surface area (Å²) >= 11 is 6.13. The molecular formula is C18H18ClNO. The predicted molar refractivity (Wildman–Crippen MR) is 85.6 cm³/mol. The average Bonchev–Trinajstić information content (AvgIpc) is 2.53. The van der Waals surface area contributed by atoms with E-state index in [9.17, 15) is 0 Å². The van der Waals surface area contributed by atoms with Crippen molar-refractivity contribution in [2.75, 3.05) is 0 Å². The molecule has 0 saturated heterocycles. The molecule has 0 aliphatic carbocycles. The van der Waals surface area contributed by atoms with Crippen molar-refractivity contribution < 1.29 is 4.74 Å². The maximum atomic E-state index is 8.81. The molecule has 0 N–H and O–H groups in total. The molecule has 0 aliphatic heterocycles. The summed E-state index contributed by atoms with van der Waals surface area (Å²) < 4.78 is 5.75. The van der Waals surface area contributed by atoms with E-state index in [1.807, 2.05) is 18.2 Å². The second-order valence-corrected chi connectivity index (χ2v) is 5.49. The highest BCUT2D eigenvalue weighted by Gasteiger charge is 2.05. The monoisotopic (exact) mass is 299 g/mol. The van der Waals surface area contributed by atoms with Crippen LogP contribution in [0.25, 0.3) is 0 Å². The Morgan fingerprint density at radius 2 is 1.90 bits per heavy atom. The number of halogens is 1. The van der Waals surface area contributed by atoms with E-state index in [1.54, 1.807) is 12.1 Å². The maximum Gasteiger partial charge on any atom is 0.119 e. The Balaban J connectivity index is 2.02. The molecule has 108 valence electrons. The van der Waals surface area contributed by atoms with Crippen LogP contribution in [0, 0.1) is 11.3 Å². The zero-order chi connectivity index (χ0) is 15.2. The van der Waals surface area contributed by atoms with E-state index in [0.29, 0.717) is 23.1 Å². The maximum absolute atomic E-state index is 8.81. The summed E-state index contributed by atoms with van der Waals surface area (Å²) in [6.07, 6.45) is 1.13. The largest absolute Gasteiger partial charge is 0.489 e. The van der Waals surface area contributed by atoms with Gasteiger partial charge in [-0.2, -0.15) is 5.26 Å². The van der Waals surface area contributed by atoms with E-state index in [-0.39, 0.29) is 0 Å². The molecule has 0 fully saturated rings. The number of ether oxygens (including phenoxy) is 1. The summed E-state index contributed by atoms with van der Waals surface area (Å²) in [5.41, 5.74) is 2.75. The number of hydrogen-bond acceptors (Lipinski definition) is 2. The minimum atomic E-state index is 0.396. The van der Waals surface area contributed by atoms with Crippen LogP contribution in [0.5, 0.6) is 5.75 Å². The van der Waals surface area contributed by atoms with Crippen LogP contribution in [0.2, 0.25) is 5.02 Å². The first-order valence-corrected chi connectivity index (χ1v) is 7.43. The molecule has 0 saturated carbocycles. The molecule has 2 aromatic rings. The van der Waals surface area contributed by atoms with Crippen molar-refractivity contribution in [3.63, 3.8) is 0 Å². The topological polar surface area (TPSA) is 33.0 Å². The van der Waals surface area contributed by atoms with Crippen molar-refractivity contribution >= 4 is 11.6 Å². The van der Waals surface area contributed by atoms with E-state index in [2.05, 4.69) is 32.0 Å². The van der Waals surface area contributed by atoms with Gasteiger partial charge in [0.2, 0.25) is 0 Å². The van der Waals surface area contributed by atoms with Crippen molar-refractivity contribution in [2.45, 2.75) is 32.8 Å². The molecular weight excluding hydrogens is 282 g/mol. The molecule has 1 unspecified atom stereocenters. The highest BCUT2D eigenvalue weighted by atomic mass is 35.5. The third kappa shape index (κ3) is 4.00. The van der Waals surface area contributed by atoms with Gasteiger partial charge in [0.1, 0.15) is 12.4 Å². The fraction of sp³-hybridized carbons (Fsp3) is 0.278. The molecule has 2 rings (SSSR count). The van der Waals surface area contributed by atoms with Crippen LogP contribution in [0.3, 0.4) is 0 Å². The molecule has 0 aromatic heterocycles. The zero-order valence-corrected chi connectivity index (χ0v) is 13.0. The van der Waals surface area contributed by atoms with Gasteiger partial charge in [-0.15, -0.1) is 0 Å². The second-order valence-electron chi connectivity index (χ2n) is 5.08. The van der Waals surface area contributed by atoms with Crippen LogP contribution in [-0.4, -0.2) is 0 Å². The first-order chi connectivity index (χ1) is 10.1. The van der Waals surface area contributed by atoms with Gasteiger partial charge >= 0.3 is 0 Å². The lowest BCUT2D eigenvalue weighted by Gasteiger charge is -2.11. The van der Waals surface area contributed by atoms with Gasteiger partial charge in [-0.1, -0.05) is 43.6 Å². The molecule has 2 nitrogen and oxygen atoms in total. The van der Waals surface area contributed by atoms with Gasteiger partial charge in [0, 0.05) is 10.6 Å². The minimum Gasteiger partial charge on any atom is -0.489 e. The number of nitrogens with zero attached hydrogens (tertiary/aromatic N) is 1. The van der Waals surface area contributed by atoms with Gasteiger partial charge in [0.05, 0.1) is 11.6 Å². The normalized spacial score (nSPS) is 11.7. The van der Waals surface area contributed by atoms with Gasteiger partial charge in [-0.25, -0.2) is 0 Å². The summed E-state index contributed by atoms with van der Waals surface area (Å²) in [6.45, 7) is 4.79. The van der Waals surface area contributed by atoms with Gasteiger partial charge in [-0.05, 0) is 42.2 Å². The fourth-order valence-corrected chi connectivity index (χ4v) is 2.26. The van der Waals surface area contributed by atoms with E-state index in [1.165, 1.54) is 5.56 Å². The first kappa shape index (κ1) is 15.4. The molecule has 3 heteroatoms. The fourth-order valence-electron chi connectivity index (χ4n) is 2.02. The standard InChI is InChI=1S/C18H18ClNO/c1-3-13(2)15-6-8-17(9-7-15)21-12-16-5-4-14(11-20)10-18(16)19/h4-10,13H,3,12H2,1-2H3. The minimum absolute atomic E-state index is 0.396. The van der Waals surface area contributed by atoms with Crippen LogP contribution in [0.1, 0.15) is 42.9 Å². The summed E-state index contributed by atoms with van der Waals surface area (Å²) in [5.74, 6) is 1.38. The van der Waals surface area contributed by atoms with Crippen molar-refractivity contribution in [3.8, 4) is 11.8 Å². The van der Waals surface area contributed by atoms with Crippen molar-refractivity contribution in [1.29, 1.82) is 5.26 Å². The highest BCUT2D eigenvalue weighted by Crippen LogP contribution is 2.23. The second kappa shape index (κ2) is 7.15. The predicted octanol–water partition coefficient (Wildman–Crippen LogP) is 5.30. The molecule has 0 heterocycles. The molecule has 0 bridgehead atoms. The third-order valence-electron chi connectivity index (χ3n) is 3.64. The quantitative estimate of drug-likeness (QED) is 0.750. The Hall–Kier alpha value is -1.98. The summed E-state index contributed by atoms with van der Waals surface area (Å²) in [7, 11) is 0. The zero-order valence-electron chi connectivity index (χ0n) is 12.3. The Kier molecular flexibility index (Phi) is 5.25. The van der Waals surface area contributed by atoms with Crippen LogP contribution in [-0.2, 0) is 6.61 Å². The van der Waals surface area contributed by atoms with E-state index in [4.69, 9.17) is 21.6 Å². The molecule has 0 amide bonds. The van der Waals surface area contributed by atoms with Crippen molar-refractivity contribution in [1.82, 2.24) is 0 Å². The van der Waals surface area contributed by atoms with Crippen LogP contribution >= 0.6 is 11.6 Å². The molecule has 0 radical (unpaired) electrons. The molecule has 1 atom stereocenters. The van der Waals surface area contributed by atoms with Crippen LogP contribution in [0.4, 0.5) is 0 Å². The van der Waals surface area contributed by atoms with Gasteiger partial charge < -0.3 is 4.74 Å². The molecule has 2 aromatic carbocycles. The summed E-state index contributed by atoms with van der Waals surface area (Å²) in [6, 6.07) is 15.5. The van der Waals surface area contributed by atoms with Crippen LogP contribution in [0.15, 0.2) is 42.5 Å². The number of benzene rings is 2.